The summed E-state index contributed by atoms with van der Waals surface area (Å²) in [5.74, 6) is 2.53. The number of nitrogens with zero attached hydrogens (tertiary/aromatic N) is 1. The summed E-state index contributed by atoms with van der Waals surface area (Å²) < 4.78 is 6.04. The van der Waals surface area contributed by atoms with Crippen LogP contribution in [0.1, 0.15) is 36.0 Å². The highest BCUT2D eigenvalue weighted by Gasteiger charge is 2.41. The topological polar surface area (TPSA) is 39.2 Å². The Kier molecular flexibility index (Phi) is 4.34. The molecule has 3 nitrogen and oxygen atoms in total. The summed E-state index contributed by atoms with van der Waals surface area (Å²) in [5, 5.41) is 0.381. The minimum atomic E-state index is -0.0549. The van der Waals surface area contributed by atoms with E-state index in [0.717, 1.165) is 37.2 Å². The fourth-order valence-electron chi connectivity index (χ4n) is 3.13. The van der Waals surface area contributed by atoms with E-state index in [0.29, 0.717) is 17.3 Å². The number of Topliss-reactive ketones (excluding diaryl/α,β-unsaturated/α-hetero) is 1. The molecule has 1 spiro atoms. The van der Waals surface area contributed by atoms with E-state index >= 15 is 0 Å². The molecule has 0 amide bonds. The smallest absolute Gasteiger partial charge is 0.166 e. The second-order valence-corrected chi connectivity index (χ2v) is 7.18. The van der Waals surface area contributed by atoms with Crippen LogP contribution in [-0.4, -0.2) is 34.5 Å². The summed E-state index contributed by atoms with van der Waals surface area (Å²) >= 11 is 7.86. The van der Waals surface area contributed by atoms with Crippen LogP contribution in [0.3, 0.4) is 0 Å². The highest BCUT2D eigenvalue weighted by atomic mass is 35.5. The van der Waals surface area contributed by atoms with Crippen LogP contribution in [0.5, 0.6) is 0 Å². The average Bonchev–Trinajstić information content (AvgIpc) is 2.47. The van der Waals surface area contributed by atoms with Gasteiger partial charge in [-0.2, -0.15) is 11.8 Å². The van der Waals surface area contributed by atoms with Crippen LogP contribution in [0.15, 0.2) is 18.3 Å². The van der Waals surface area contributed by atoms with Gasteiger partial charge >= 0.3 is 0 Å². The summed E-state index contributed by atoms with van der Waals surface area (Å²) in [5.41, 5.74) is 0.623. The van der Waals surface area contributed by atoms with E-state index in [4.69, 9.17) is 16.3 Å². The number of pyridine rings is 1. The summed E-state index contributed by atoms with van der Waals surface area (Å²) in [7, 11) is 0. The summed E-state index contributed by atoms with van der Waals surface area (Å²) in [6, 6.07) is 3.43. The zero-order valence-electron chi connectivity index (χ0n) is 11.3. The Labute approximate surface area is 128 Å². The molecule has 0 saturated carbocycles. The molecule has 5 heteroatoms. The van der Waals surface area contributed by atoms with E-state index in [9.17, 15) is 4.79 Å². The number of ketones is 1. The molecule has 2 fully saturated rings. The quantitative estimate of drug-likeness (QED) is 0.618. The molecule has 20 heavy (non-hydrogen) atoms. The van der Waals surface area contributed by atoms with Crippen LogP contribution in [0.2, 0.25) is 5.15 Å². The van der Waals surface area contributed by atoms with Crippen molar-refractivity contribution in [2.75, 3.05) is 18.1 Å². The molecule has 0 bridgehead atoms. The summed E-state index contributed by atoms with van der Waals surface area (Å²) in [6.07, 6.45) is 5.40. The van der Waals surface area contributed by atoms with Crippen LogP contribution in [-0.2, 0) is 4.74 Å². The zero-order chi connectivity index (χ0) is 14.0. The zero-order valence-corrected chi connectivity index (χ0v) is 12.9. The molecule has 1 aromatic rings. The lowest BCUT2D eigenvalue weighted by molar-refractivity contribution is -0.0959. The number of carbonyl (C=O) groups excluding carboxylic acids is 1. The first kappa shape index (κ1) is 14.4. The van der Waals surface area contributed by atoms with Gasteiger partial charge in [0.1, 0.15) is 5.15 Å². The molecule has 0 aliphatic carbocycles. The van der Waals surface area contributed by atoms with Crippen LogP contribution in [0, 0.1) is 5.92 Å². The molecule has 108 valence electrons. The number of ether oxygens (including phenoxy) is 1. The molecule has 2 aliphatic heterocycles. The van der Waals surface area contributed by atoms with Gasteiger partial charge in [0, 0.05) is 24.3 Å². The van der Waals surface area contributed by atoms with Crippen molar-refractivity contribution in [2.24, 2.45) is 5.92 Å². The molecule has 0 N–H and O–H groups in total. The molecule has 1 atom stereocenters. The summed E-state index contributed by atoms with van der Waals surface area (Å²) in [6.45, 7) is 0.694. The molecule has 0 radical (unpaired) electrons. The molecule has 0 aromatic carbocycles. The second-order valence-electron chi connectivity index (χ2n) is 5.57. The Morgan fingerprint density at radius 2 is 2.25 bits per heavy atom. The highest BCUT2D eigenvalue weighted by molar-refractivity contribution is 7.99. The van der Waals surface area contributed by atoms with Gasteiger partial charge in [0.2, 0.25) is 0 Å². The lowest BCUT2D eigenvalue weighted by Crippen LogP contribution is -2.44. The van der Waals surface area contributed by atoms with Crippen molar-refractivity contribution >= 4 is 29.1 Å². The van der Waals surface area contributed by atoms with E-state index < -0.39 is 0 Å². The van der Waals surface area contributed by atoms with E-state index in [-0.39, 0.29) is 17.3 Å². The maximum absolute atomic E-state index is 12.6. The Hall–Kier alpha value is -0.580. The Morgan fingerprint density at radius 1 is 1.45 bits per heavy atom. The standard InChI is InChI=1S/C15H18ClNO2S/c16-13-9-11(1-5-17-13)14(18)12-2-6-19-15(10-12)3-7-20-8-4-15/h1,5,9,12H,2-4,6-8,10H2. The first-order chi connectivity index (χ1) is 9.69. The fraction of sp³-hybridized carbons (Fsp3) is 0.600. The van der Waals surface area contributed by atoms with Crippen LogP contribution in [0.25, 0.3) is 0 Å². The van der Waals surface area contributed by atoms with E-state index in [1.54, 1.807) is 18.3 Å². The molecule has 2 saturated heterocycles. The van der Waals surface area contributed by atoms with Gasteiger partial charge in [-0.3, -0.25) is 4.79 Å². The number of aromatic nitrogens is 1. The Bertz CT molecular complexity index is 497. The van der Waals surface area contributed by atoms with Crippen LogP contribution in [0.4, 0.5) is 0 Å². The highest BCUT2D eigenvalue weighted by Crippen LogP contribution is 2.40. The predicted octanol–water partition coefficient (Wildman–Crippen LogP) is 3.61. The second kappa shape index (κ2) is 6.04. The van der Waals surface area contributed by atoms with Crippen molar-refractivity contribution in [2.45, 2.75) is 31.3 Å². The van der Waals surface area contributed by atoms with Gasteiger partial charge in [-0.05, 0) is 49.3 Å². The molecule has 3 heterocycles. The number of hydrogen-bond donors (Lipinski definition) is 0. The van der Waals surface area contributed by atoms with Crippen molar-refractivity contribution in [1.82, 2.24) is 4.98 Å². The van der Waals surface area contributed by atoms with E-state index in [1.807, 2.05) is 11.8 Å². The number of thioether (sulfide) groups is 1. The largest absolute Gasteiger partial charge is 0.375 e. The number of halogens is 1. The normalized spacial score (nSPS) is 25.6. The average molecular weight is 312 g/mol. The van der Waals surface area contributed by atoms with E-state index in [2.05, 4.69) is 4.98 Å². The molecule has 1 aromatic heterocycles. The van der Waals surface area contributed by atoms with Crippen molar-refractivity contribution < 1.29 is 9.53 Å². The molecular weight excluding hydrogens is 294 g/mol. The first-order valence-electron chi connectivity index (χ1n) is 7.06. The van der Waals surface area contributed by atoms with Crippen molar-refractivity contribution in [3.8, 4) is 0 Å². The van der Waals surface area contributed by atoms with Gasteiger partial charge in [-0.15, -0.1) is 0 Å². The lowest BCUT2D eigenvalue weighted by Gasteiger charge is -2.42. The fourth-order valence-corrected chi connectivity index (χ4v) is 4.55. The SMILES string of the molecule is O=C(c1ccnc(Cl)c1)C1CCOC2(CCSCC2)C1. The third-order valence-electron chi connectivity index (χ3n) is 4.28. The number of rotatable bonds is 2. The Morgan fingerprint density at radius 3 is 3.00 bits per heavy atom. The predicted molar refractivity (Wildman–Crippen MR) is 81.5 cm³/mol. The van der Waals surface area contributed by atoms with Gasteiger partial charge in [0.05, 0.1) is 5.60 Å². The van der Waals surface area contributed by atoms with Crippen LogP contribution < -0.4 is 0 Å². The van der Waals surface area contributed by atoms with Gasteiger partial charge in [0.25, 0.3) is 0 Å². The molecule has 1 unspecified atom stereocenters. The molecular formula is C15H18ClNO2S. The first-order valence-corrected chi connectivity index (χ1v) is 8.59. The molecule has 3 rings (SSSR count). The minimum Gasteiger partial charge on any atom is -0.375 e. The Balaban J connectivity index is 1.74. The maximum atomic E-state index is 12.6. The lowest BCUT2D eigenvalue weighted by atomic mass is 9.79. The third kappa shape index (κ3) is 3.02. The number of carbonyl (C=O) groups is 1. The van der Waals surface area contributed by atoms with Gasteiger partial charge in [-0.1, -0.05) is 11.6 Å². The maximum Gasteiger partial charge on any atom is 0.166 e. The van der Waals surface area contributed by atoms with Crippen LogP contribution >= 0.6 is 23.4 Å². The van der Waals surface area contributed by atoms with Gasteiger partial charge in [0.15, 0.2) is 5.78 Å². The van der Waals surface area contributed by atoms with Crippen molar-refractivity contribution in [3.63, 3.8) is 0 Å². The third-order valence-corrected chi connectivity index (χ3v) is 5.47. The van der Waals surface area contributed by atoms with Crippen molar-refractivity contribution in [3.05, 3.63) is 29.0 Å². The summed E-state index contributed by atoms with van der Waals surface area (Å²) in [4.78, 5) is 16.6. The van der Waals surface area contributed by atoms with Crippen molar-refractivity contribution in [1.29, 1.82) is 0 Å². The molecule has 2 aliphatic rings. The minimum absolute atomic E-state index is 0.0549. The van der Waals surface area contributed by atoms with Gasteiger partial charge < -0.3 is 4.74 Å². The van der Waals surface area contributed by atoms with E-state index in [1.165, 1.54) is 0 Å². The van der Waals surface area contributed by atoms with Gasteiger partial charge in [-0.25, -0.2) is 4.98 Å². The number of hydrogen-bond acceptors (Lipinski definition) is 4. The monoisotopic (exact) mass is 311 g/mol.